The van der Waals surface area contributed by atoms with Crippen LogP contribution in [0.5, 0.6) is 0 Å². The zero-order valence-electron chi connectivity index (χ0n) is 19.5. The van der Waals surface area contributed by atoms with Crippen molar-refractivity contribution in [1.29, 1.82) is 0 Å². The third-order valence-electron chi connectivity index (χ3n) is 5.08. The van der Waals surface area contributed by atoms with E-state index in [1.807, 2.05) is 0 Å². The highest BCUT2D eigenvalue weighted by Crippen LogP contribution is 2.33. The Labute approximate surface area is 199 Å². The van der Waals surface area contributed by atoms with Gasteiger partial charge in [-0.25, -0.2) is 0 Å². The zero-order valence-corrected chi connectivity index (χ0v) is 19.5. The van der Waals surface area contributed by atoms with E-state index in [1.165, 1.54) is 0 Å². The van der Waals surface area contributed by atoms with Gasteiger partial charge in [-0.3, -0.25) is 19.2 Å². The molecule has 15 heteroatoms. The SMILES string of the molecule is CC(=O)OC[C@H]1O[C@@H](O[C@@H]2[C@H](O)[C@@H](O)O[C@H](CO)[C@H]2O)[C@H](OC(C)=O)[C@@H](OC(C)=O)[C@@H]1OC(C)=O. The number of aliphatic hydroxyl groups excluding tert-OH is 4. The molecule has 10 atom stereocenters. The molecule has 0 aromatic rings. The largest absolute Gasteiger partial charge is 0.463 e. The van der Waals surface area contributed by atoms with Crippen LogP contribution in [0.3, 0.4) is 0 Å². The van der Waals surface area contributed by atoms with Crippen molar-refractivity contribution < 1.29 is 72.8 Å². The van der Waals surface area contributed by atoms with Crippen molar-refractivity contribution in [3.63, 3.8) is 0 Å². The second-order valence-corrected chi connectivity index (χ2v) is 7.90. The molecular formula is C20H30O15. The quantitative estimate of drug-likeness (QED) is 0.188. The second-order valence-electron chi connectivity index (χ2n) is 7.90. The fraction of sp³-hybridized carbons (Fsp3) is 0.800. The van der Waals surface area contributed by atoms with Crippen molar-refractivity contribution in [1.82, 2.24) is 0 Å². The summed E-state index contributed by atoms with van der Waals surface area (Å²) in [5.41, 5.74) is 0. The summed E-state index contributed by atoms with van der Waals surface area (Å²) in [5, 5.41) is 40.1. The van der Waals surface area contributed by atoms with Gasteiger partial charge in [-0.2, -0.15) is 0 Å². The molecule has 0 saturated carbocycles. The van der Waals surface area contributed by atoms with E-state index in [9.17, 15) is 39.6 Å². The van der Waals surface area contributed by atoms with Crippen molar-refractivity contribution >= 4 is 23.9 Å². The van der Waals surface area contributed by atoms with E-state index in [4.69, 9.17) is 33.2 Å². The number of hydrogen-bond acceptors (Lipinski definition) is 15. The summed E-state index contributed by atoms with van der Waals surface area (Å²) in [6.07, 6.45) is -16.0. The predicted octanol–water partition coefficient (Wildman–Crippen LogP) is -3.11. The normalized spacial score (nSPS) is 37.1. The maximum atomic E-state index is 11.8. The summed E-state index contributed by atoms with van der Waals surface area (Å²) in [4.78, 5) is 46.8. The number of carbonyl (C=O) groups excluding carboxylic acids is 4. The fourth-order valence-electron chi connectivity index (χ4n) is 3.68. The Bertz CT molecular complexity index is 772. The van der Waals surface area contributed by atoms with Crippen LogP contribution in [0.2, 0.25) is 0 Å². The predicted molar refractivity (Wildman–Crippen MR) is 107 cm³/mol. The van der Waals surface area contributed by atoms with Gasteiger partial charge in [0.1, 0.15) is 37.1 Å². The maximum Gasteiger partial charge on any atom is 0.303 e. The summed E-state index contributed by atoms with van der Waals surface area (Å²) in [5.74, 6) is -3.29. The molecule has 35 heavy (non-hydrogen) atoms. The van der Waals surface area contributed by atoms with Gasteiger partial charge in [0.05, 0.1) is 6.61 Å². The van der Waals surface area contributed by atoms with Crippen molar-refractivity contribution in [3.8, 4) is 0 Å². The van der Waals surface area contributed by atoms with Crippen LogP contribution in [-0.4, -0.2) is 119 Å². The van der Waals surface area contributed by atoms with Crippen LogP contribution < -0.4 is 0 Å². The van der Waals surface area contributed by atoms with Gasteiger partial charge in [-0.15, -0.1) is 0 Å². The number of esters is 4. The van der Waals surface area contributed by atoms with Gasteiger partial charge in [0.2, 0.25) is 0 Å². The van der Waals surface area contributed by atoms with Crippen molar-refractivity contribution in [3.05, 3.63) is 0 Å². The van der Waals surface area contributed by atoms with Gasteiger partial charge in [-0.1, -0.05) is 0 Å². The molecule has 2 rings (SSSR count). The lowest BCUT2D eigenvalue weighted by Crippen LogP contribution is -2.66. The molecule has 0 amide bonds. The first-order chi connectivity index (χ1) is 16.3. The summed E-state index contributed by atoms with van der Waals surface area (Å²) >= 11 is 0. The van der Waals surface area contributed by atoms with E-state index in [1.54, 1.807) is 0 Å². The van der Waals surface area contributed by atoms with Crippen molar-refractivity contribution in [2.45, 2.75) is 89.1 Å². The molecule has 0 aromatic heterocycles. The molecule has 0 aliphatic carbocycles. The van der Waals surface area contributed by atoms with E-state index in [-0.39, 0.29) is 0 Å². The molecule has 0 bridgehead atoms. The topological polar surface area (TPSA) is 214 Å². The molecule has 0 unspecified atom stereocenters. The van der Waals surface area contributed by atoms with E-state index in [0.717, 1.165) is 27.7 Å². The minimum absolute atomic E-state index is 0.515. The third-order valence-corrected chi connectivity index (χ3v) is 5.08. The lowest BCUT2D eigenvalue weighted by molar-refractivity contribution is -0.357. The summed E-state index contributed by atoms with van der Waals surface area (Å²) in [6, 6.07) is 0. The highest BCUT2D eigenvalue weighted by molar-refractivity contribution is 5.68. The molecule has 2 saturated heterocycles. The van der Waals surface area contributed by atoms with Crippen LogP contribution in [0, 0.1) is 0 Å². The summed E-state index contributed by atoms with van der Waals surface area (Å²) < 4.78 is 36.9. The molecule has 15 nitrogen and oxygen atoms in total. The third kappa shape index (κ3) is 7.54. The Hall–Kier alpha value is -2.40. The van der Waals surface area contributed by atoms with Gasteiger partial charge < -0.3 is 53.6 Å². The molecule has 0 radical (unpaired) electrons. The maximum absolute atomic E-state index is 11.8. The number of carbonyl (C=O) groups is 4. The molecule has 4 N–H and O–H groups in total. The monoisotopic (exact) mass is 510 g/mol. The average molecular weight is 510 g/mol. The Balaban J connectivity index is 2.46. The molecular weight excluding hydrogens is 480 g/mol. The van der Waals surface area contributed by atoms with Crippen molar-refractivity contribution in [2.24, 2.45) is 0 Å². The number of ether oxygens (including phenoxy) is 7. The first-order valence-corrected chi connectivity index (χ1v) is 10.6. The molecule has 2 aliphatic heterocycles. The lowest BCUT2D eigenvalue weighted by Gasteiger charge is -2.47. The molecule has 200 valence electrons. The smallest absolute Gasteiger partial charge is 0.303 e. The Morgan fingerprint density at radius 1 is 0.686 bits per heavy atom. The van der Waals surface area contributed by atoms with Gasteiger partial charge in [0.25, 0.3) is 0 Å². The summed E-state index contributed by atoms with van der Waals surface area (Å²) in [6.45, 7) is 2.96. The van der Waals surface area contributed by atoms with Crippen molar-refractivity contribution in [2.75, 3.05) is 13.2 Å². The van der Waals surface area contributed by atoms with Crippen LogP contribution >= 0.6 is 0 Å². The molecule has 0 aromatic carbocycles. The Morgan fingerprint density at radius 3 is 1.74 bits per heavy atom. The second kappa shape index (κ2) is 12.5. The van der Waals surface area contributed by atoms with Crippen LogP contribution in [0.15, 0.2) is 0 Å². The molecule has 0 spiro atoms. The summed E-state index contributed by atoms with van der Waals surface area (Å²) in [7, 11) is 0. The Morgan fingerprint density at radius 2 is 1.23 bits per heavy atom. The Kier molecular flexibility index (Phi) is 10.3. The number of hydrogen-bond donors (Lipinski definition) is 4. The molecule has 2 fully saturated rings. The van der Waals surface area contributed by atoms with E-state index in [2.05, 4.69) is 0 Å². The zero-order chi connectivity index (χ0) is 26.4. The van der Waals surface area contributed by atoms with E-state index in [0.29, 0.717) is 0 Å². The van der Waals surface area contributed by atoms with E-state index >= 15 is 0 Å². The van der Waals surface area contributed by atoms with Crippen LogP contribution in [-0.2, 0) is 52.3 Å². The van der Waals surface area contributed by atoms with Gasteiger partial charge in [0, 0.05) is 27.7 Å². The van der Waals surface area contributed by atoms with Gasteiger partial charge >= 0.3 is 23.9 Å². The van der Waals surface area contributed by atoms with Gasteiger partial charge in [-0.05, 0) is 0 Å². The molecule has 2 aliphatic rings. The number of aliphatic hydroxyl groups is 4. The van der Waals surface area contributed by atoms with Crippen LogP contribution in [0.4, 0.5) is 0 Å². The molecule has 2 heterocycles. The van der Waals surface area contributed by atoms with Gasteiger partial charge in [0.15, 0.2) is 30.9 Å². The first-order valence-electron chi connectivity index (χ1n) is 10.6. The highest BCUT2D eigenvalue weighted by atomic mass is 16.7. The fourth-order valence-corrected chi connectivity index (χ4v) is 3.68. The van der Waals surface area contributed by atoms with E-state index < -0.39 is 98.5 Å². The standard InChI is InChI=1S/C20H30O15/c1-7(22)29-6-12-15(30-8(2)23)17(31-9(3)24)18(32-10(4)25)20(34-12)35-16-13(26)11(5-21)33-19(28)14(16)27/h11-21,26-28H,5-6H2,1-4H3/t11-,12-,13-,14+,15-,16+,17+,18-,19+,20+/m1/s1. The number of rotatable bonds is 8. The first kappa shape index (κ1) is 28.8. The minimum atomic E-state index is -1.87. The minimum Gasteiger partial charge on any atom is -0.463 e. The van der Waals surface area contributed by atoms with Crippen LogP contribution in [0.1, 0.15) is 27.7 Å². The average Bonchev–Trinajstić information content (AvgIpc) is 2.75. The lowest BCUT2D eigenvalue weighted by atomic mass is 9.96. The van der Waals surface area contributed by atoms with Crippen LogP contribution in [0.25, 0.3) is 0 Å². The highest BCUT2D eigenvalue weighted by Gasteiger charge is 2.55.